The second kappa shape index (κ2) is 11.0. The zero-order chi connectivity index (χ0) is 22.4. The Morgan fingerprint density at radius 3 is 0.750 bits per heavy atom. The standard InChI is InChI=1S/C24H46O2Si2/c1-15-23(25-27(17(3)4,18(5)6)19(7)8)24(16-2)26-28(20(9)10,21(11)12)22(13)14/h1-2,17-24H,3-14H3/t23-,24-/m0/s1. The topological polar surface area (TPSA) is 18.5 Å². The van der Waals surface area contributed by atoms with Gasteiger partial charge in [-0.15, -0.1) is 12.8 Å². The summed E-state index contributed by atoms with van der Waals surface area (Å²) in [6, 6.07) is 0. The lowest BCUT2D eigenvalue weighted by atomic mass is 10.2. The van der Waals surface area contributed by atoms with Gasteiger partial charge in [0.15, 0.2) is 0 Å². The summed E-state index contributed by atoms with van der Waals surface area (Å²) in [5.41, 5.74) is 2.69. The lowest BCUT2D eigenvalue weighted by molar-refractivity contribution is 0.0990. The van der Waals surface area contributed by atoms with Crippen LogP contribution in [0.5, 0.6) is 0 Å². The molecule has 0 aromatic heterocycles. The molecule has 0 saturated heterocycles. The van der Waals surface area contributed by atoms with Gasteiger partial charge in [-0.3, -0.25) is 0 Å². The number of terminal acetylenes is 2. The predicted octanol–water partition coefficient (Wildman–Crippen LogP) is 7.37. The first-order valence-electron chi connectivity index (χ1n) is 11.0. The van der Waals surface area contributed by atoms with E-state index in [-0.39, 0.29) is 0 Å². The van der Waals surface area contributed by atoms with E-state index in [1.165, 1.54) is 0 Å². The van der Waals surface area contributed by atoms with Gasteiger partial charge in [0.25, 0.3) is 0 Å². The van der Waals surface area contributed by atoms with Gasteiger partial charge in [0, 0.05) is 0 Å². The minimum absolute atomic E-state index is 0.448. The molecule has 0 rings (SSSR count). The van der Waals surface area contributed by atoms with E-state index in [0.29, 0.717) is 33.2 Å². The molecule has 0 aliphatic carbocycles. The molecule has 28 heavy (non-hydrogen) atoms. The SMILES string of the molecule is C#C[C@H](O[Si](C(C)C)(C(C)C)C(C)C)[C@H](C#C)O[Si](C(C)C)(C(C)C)C(C)C. The summed E-state index contributed by atoms with van der Waals surface area (Å²) < 4.78 is 13.7. The van der Waals surface area contributed by atoms with Crippen LogP contribution in [0.1, 0.15) is 83.1 Å². The molecule has 0 spiro atoms. The van der Waals surface area contributed by atoms with Gasteiger partial charge in [0.05, 0.1) is 0 Å². The first-order chi connectivity index (χ1) is 12.7. The maximum absolute atomic E-state index is 6.87. The normalized spacial score (nSPS) is 15.6. The van der Waals surface area contributed by atoms with Crippen LogP contribution in [0.25, 0.3) is 0 Å². The molecular formula is C24H46O2Si2. The van der Waals surface area contributed by atoms with Crippen LogP contribution < -0.4 is 0 Å². The number of hydrogen-bond donors (Lipinski definition) is 0. The average molecular weight is 423 g/mol. The van der Waals surface area contributed by atoms with Gasteiger partial charge in [-0.2, -0.15) is 0 Å². The van der Waals surface area contributed by atoms with Gasteiger partial charge in [0.1, 0.15) is 12.2 Å². The molecule has 0 N–H and O–H groups in total. The number of hydrogen-bond acceptors (Lipinski definition) is 2. The third-order valence-corrected chi connectivity index (χ3v) is 18.8. The van der Waals surface area contributed by atoms with Crippen LogP contribution in [-0.2, 0) is 8.85 Å². The summed E-state index contributed by atoms with van der Waals surface area (Å²) in [5, 5.41) is 0. The molecular weight excluding hydrogens is 376 g/mol. The molecule has 0 amide bonds. The van der Waals surface area contributed by atoms with Crippen molar-refractivity contribution >= 4 is 16.6 Å². The summed E-state index contributed by atoms with van der Waals surface area (Å²) >= 11 is 0. The Morgan fingerprint density at radius 2 is 0.643 bits per heavy atom. The molecule has 2 atom stereocenters. The van der Waals surface area contributed by atoms with Crippen LogP contribution >= 0.6 is 0 Å². The summed E-state index contributed by atoms with van der Waals surface area (Å²) in [6.45, 7) is 27.2. The van der Waals surface area contributed by atoms with Gasteiger partial charge in [-0.05, 0) is 33.2 Å². The van der Waals surface area contributed by atoms with Crippen LogP contribution in [0.4, 0.5) is 0 Å². The van der Waals surface area contributed by atoms with Crippen molar-refractivity contribution < 1.29 is 8.85 Å². The fourth-order valence-electron chi connectivity index (χ4n) is 5.62. The highest BCUT2D eigenvalue weighted by Gasteiger charge is 2.50. The van der Waals surface area contributed by atoms with Crippen molar-refractivity contribution in [3.8, 4) is 24.7 Å². The van der Waals surface area contributed by atoms with Gasteiger partial charge in [-0.25, -0.2) is 0 Å². The molecule has 0 unspecified atom stereocenters. The van der Waals surface area contributed by atoms with E-state index in [4.69, 9.17) is 21.7 Å². The van der Waals surface area contributed by atoms with E-state index < -0.39 is 28.8 Å². The van der Waals surface area contributed by atoms with Crippen molar-refractivity contribution in [1.29, 1.82) is 0 Å². The molecule has 2 nitrogen and oxygen atoms in total. The third kappa shape index (κ3) is 5.34. The Hall–Kier alpha value is -0.526. The molecule has 0 fully saturated rings. The van der Waals surface area contributed by atoms with E-state index in [9.17, 15) is 0 Å². The molecule has 162 valence electrons. The minimum Gasteiger partial charge on any atom is -0.399 e. The summed E-state index contributed by atoms with van der Waals surface area (Å²) in [7, 11) is -4.30. The van der Waals surface area contributed by atoms with E-state index >= 15 is 0 Å². The summed E-state index contributed by atoms with van der Waals surface area (Å²) in [4.78, 5) is 0. The minimum atomic E-state index is -2.15. The number of rotatable bonds is 11. The zero-order valence-electron chi connectivity index (χ0n) is 20.6. The van der Waals surface area contributed by atoms with Crippen molar-refractivity contribution in [2.45, 2.75) is 129 Å². The van der Waals surface area contributed by atoms with Crippen molar-refractivity contribution in [2.24, 2.45) is 0 Å². The van der Waals surface area contributed by atoms with E-state index in [1.807, 2.05) is 0 Å². The van der Waals surface area contributed by atoms with E-state index in [0.717, 1.165) is 0 Å². The van der Waals surface area contributed by atoms with E-state index in [2.05, 4.69) is 94.9 Å². The van der Waals surface area contributed by atoms with Crippen LogP contribution in [0.2, 0.25) is 33.2 Å². The Bertz CT molecular complexity index is 456. The van der Waals surface area contributed by atoms with E-state index in [1.54, 1.807) is 0 Å². The van der Waals surface area contributed by atoms with Crippen molar-refractivity contribution in [3.05, 3.63) is 0 Å². The molecule has 0 aromatic rings. The lowest BCUT2D eigenvalue weighted by Crippen LogP contribution is -2.56. The molecule has 0 aliphatic heterocycles. The van der Waals surface area contributed by atoms with Crippen LogP contribution in [0.3, 0.4) is 0 Å². The Balaban J connectivity index is 6.13. The monoisotopic (exact) mass is 422 g/mol. The molecule has 0 heterocycles. The maximum atomic E-state index is 6.87. The quantitative estimate of drug-likeness (QED) is 0.255. The fraction of sp³-hybridized carbons (Fsp3) is 0.833. The largest absolute Gasteiger partial charge is 0.399 e. The Morgan fingerprint density at radius 1 is 0.464 bits per heavy atom. The highest BCUT2D eigenvalue weighted by atomic mass is 28.4. The smallest absolute Gasteiger partial charge is 0.202 e. The lowest BCUT2D eigenvalue weighted by Gasteiger charge is -2.47. The van der Waals surface area contributed by atoms with Crippen molar-refractivity contribution in [1.82, 2.24) is 0 Å². The predicted molar refractivity (Wildman–Crippen MR) is 130 cm³/mol. The Kier molecular flexibility index (Phi) is 10.8. The van der Waals surface area contributed by atoms with Gasteiger partial charge in [0.2, 0.25) is 16.6 Å². The zero-order valence-corrected chi connectivity index (χ0v) is 22.6. The molecule has 0 bridgehead atoms. The highest BCUT2D eigenvalue weighted by molar-refractivity contribution is 6.78. The van der Waals surface area contributed by atoms with Gasteiger partial charge >= 0.3 is 0 Å². The highest BCUT2D eigenvalue weighted by Crippen LogP contribution is 2.46. The average Bonchev–Trinajstić information content (AvgIpc) is 2.55. The first-order valence-corrected chi connectivity index (χ1v) is 15.3. The second-order valence-electron chi connectivity index (χ2n) is 10.0. The van der Waals surface area contributed by atoms with Crippen LogP contribution in [0, 0.1) is 24.7 Å². The fourth-order valence-corrected chi connectivity index (χ4v) is 16.5. The molecule has 4 heteroatoms. The van der Waals surface area contributed by atoms with Gasteiger partial charge in [-0.1, -0.05) is 94.9 Å². The maximum Gasteiger partial charge on any atom is 0.202 e. The van der Waals surface area contributed by atoms with Crippen LogP contribution in [0.15, 0.2) is 0 Å². The molecule has 0 radical (unpaired) electrons. The second-order valence-corrected chi connectivity index (χ2v) is 20.9. The van der Waals surface area contributed by atoms with Gasteiger partial charge < -0.3 is 8.85 Å². The molecule has 0 saturated carbocycles. The summed E-state index contributed by atoms with van der Waals surface area (Å²) in [5.74, 6) is 5.76. The van der Waals surface area contributed by atoms with Crippen molar-refractivity contribution in [3.63, 3.8) is 0 Å². The summed E-state index contributed by atoms with van der Waals surface area (Å²) in [6.07, 6.45) is 11.0. The molecule has 0 aromatic carbocycles. The molecule has 0 aliphatic rings. The van der Waals surface area contributed by atoms with Crippen molar-refractivity contribution in [2.75, 3.05) is 0 Å². The Labute approximate surface area is 178 Å². The first kappa shape index (κ1) is 27.5. The van der Waals surface area contributed by atoms with Crippen LogP contribution in [-0.4, -0.2) is 28.8 Å². The third-order valence-electron chi connectivity index (χ3n) is 6.68.